The second-order valence-electron chi connectivity index (χ2n) is 3.79. The van der Waals surface area contributed by atoms with Crippen LogP contribution in [0.2, 0.25) is 0 Å². The molecule has 0 radical (unpaired) electrons. The van der Waals surface area contributed by atoms with Gasteiger partial charge in [-0.15, -0.1) is 0 Å². The predicted octanol–water partition coefficient (Wildman–Crippen LogP) is 3.69. The molecule has 0 saturated heterocycles. The first-order valence-corrected chi connectivity index (χ1v) is 6.05. The SMILES string of the molecule is O=C(Cc1ccc(Br)cn1)c1ccc(F)c(F)c1F. The average molecular weight is 330 g/mol. The van der Waals surface area contributed by atoms with Gasteiger partial charge in [0.1, 0.15) is 0 Å². The Bertz CT molecular complexity index is 629. The summed E-state index contributed by atoms with van der Waals surface area (Å²) in [5.41, 5.74) is -0.0686. The van der Waals surface area contributed by atoms with Gasteiger partial charge >= 0.3 is 0 Å². The molecule has 0 spiro atoms. The normalized spacial score (nSPS) is 10.5. The van der Waals surface area contributed by atoms with E-state index in [2.05, 4.69) is 20.9 Å². The van der Waals surface area contributed by atoms with Gasteiger partial charge in [-0.2, -0.15) is 0 Å². The van der Waals surface area contributed by atoms with Crippen molar-refractivity contribution in [3.63, 3.8) is 0 Å². The highest BCUT2D eigenvalue weighted by molar-refractivity contribution is 9.10. The summed E-state index contributed by atoms with van der Waals surface area (Å²) in [5.74, 6) is -5.10. The van der Waals surface area contributed by atoms with E-state index in [1.165, 1.54) is 6.20 Å². The molecule has 1 aromatic heterocycles. The fourth-order valence-corrected chi connectivity index (χ4v) is 1.75. The molecule has 2 aromatic rings. The lowest BCUT2D eigenvalue weighted by Gasteiger charge is -2.04. The number of rotatable bonds is 3. The van der Waals surface area contributed by atoms with Gasteiger partial charge in [0.2, 0.25) is 0 Å². The van der Waals surface area contributed by atoms with Crippen LogP contribution in [0.5, 0.6) is 0 Å². The molecule has 0 aliphatic rings. The first-order chi connectivity index (χ1) is 8.99. The second kappa shape index (κ2) is 5.52. The maximum Gasteiger partial charge on any atom is 0.195 e. The first kappa shape index (κ1) is 13.7. The minimum absolute atomic E-state index is 0.185. The van der Waals surface area contributed by atoms with Gasteiger partial charge in [0, 0.05) is 16.4 Å². The van der Waals surface area contributed by atoms with Gasteiger partial charge in [0.15, 0.2) is 23.2 Å². The molecule has 0 N–H and O–H groups in total. The van der Waals surface area contributed by atoms with Crippen LogP contribution >= 0.6 is 15.9 Å². The summed E-state index contributed by atoms with van der Waals surface area (Å²) in [6, 6.07) is 4.91. The fourth-order valence-electron chi connectivity index (χ4n) is 1.51. The molecule has 6 heteroatoms. The van der Waals surface area contributed by atoms with E-state index in [1.54, 1.807) is 12.1 Å². The zero-order valence-corrected chi connectivity index (χ0v) is 11.0. The molecule has 0 fully saturated rings. The number of carbonyl (C=O) groups is 1. The van der Waals surface area contributed by atoms with Crippen LogP contribution in [0, 0.1) is 17.5 Å². The number of nitrogens with zero attached hydrogens (tertiary/aromatic N) is 1. The molecular weight excluding hydrogens is 323 g/mol. The zero-order chi connectivity index (χ0) is 14.0. The van der Waals surface area contributed by atoms with Gasteiger partial charge in [0.05, 0.1) is 12.0 Å². The lowest BCUT2D eigenvalue weighted by Crippen LogP contribution is -2.09. The van der Waals surface area contributed by atoms with Crippen molar-refractivity contribution in [3.05, 3.63) is 63.6 Å². The number of halogens is 4. The number of hydrogen-bond acceptors (Lipinski definition) is 2. The fraction of sp³-hybridized carbons (Fsp3) is 0.0769. The molecule has 0 aliphatic heterocycles. The van der Waals surface area contributed by atoms with Crippen LogP contribution < -0.4 is 0 Å². The Morgan fingerprint density at radius 2 is 1.84 bits per heavy atom. The summed E-state index contributed by atoms with van der Waals surface area (Å²) in [6.07, 6.45) is 1.31. The van der Waals surface area contributed by atoms with E-state index in [1.807, 2.05) is 0 Å². The van der Waals surface area contributed by atoms with Gasteiger partial charge in [-0.25, -0.2) is 13.2 Å². The van der Waals surface area contributed by atoms with Crippen LogP contribution in [0.15, 0.2) is 34.9 Å². The maximum absolute atomic E-state index is 13.4. The topological polar surface area (TPSA) is 30.0 Å². The molecular formula is C13H7BrF3NO. The minimum Gasteiger partial charge on any atom is -0.294 e. The quantitative estimate of drug-likeness (QED) is 0.635. The van der Waals surface area contributed by atoms with Crippen LogP contribution in [-0.2, 0) is 6.42 Å². The van der Waals surface area contributed by atoms with E-state index in [0.717, 1.165) is 16.6 Å². The average Bonchev–Trinajstić information content (AvgIpc) is 2.39. The predicted molar refractivity (Wildman–Crippen MR) is 66.3 cm³/mol. The number of ketones is 1. The van der Waals surface area contributed by atoms with E-state index in [0.29, 0.717) is 5.69 Å². The molecule has 0 aliphatic carbocycles. The molecule has 2 rings (SSSR count). The molecule has 0 unspecified atom stereocenters. The largest absolute Gasteiger partial charge is 0.294 e. The highest BCUT2D eigenvalue weighted by atomic mass is 79.9. The van der Waals surface area contributed by atoms with Crippen molar-refractivity contribution in [1.29, 1.82) is 0 Å². The van der Waals surface area contributed by atoms with Gasteiger partial charge in [-0.1, -0.05) is 0 Å². The molecule has 2 nitrogen and oxygen atoms in total. The van der Waals surface area contributed by atoms with Crippen molar-refractivity contribution >= 4 is 21.7 Å². The molecule has 0 amide bonds. The van der Waals surface area contributed by atoms with Crippen molar-refractivity contribution in [2.24, 2.45) is 0 Å². The Kier molecular flexibility index (Phi) is 3.99. The standard InChI is InChI=1S/C13H7BrF3NO/c14-7-1-2-8(18-6-7)5-11(19)9-3-4-10(15)13(17)12(9)16/h1-4,6H,5H2. The molecule has 0 saturated carbocycles. The van der Waals surface area contributed by atoms with E-state index < -0.39 is 28.8 Å². The number of aromatic nitrogens is 1. The summed E-state index contributed by atoms with van der Waals surface area (Å²) in [6.45, 7) is 0. The lowest BCUT2D eigenvalue weighted by molar-refractivity contribution is 0.0987. The Hall–Kier alpha value is -1.69. The Morgan fingerprint density at radius 1 is 1.11 bits per heavy atom. The van der Waals surface area contributed by atoms with E-state index in [-0.39, 0.29) is 6.42 Å². The van der Waals surface area contributed by atoms with E-state index in [4.69, 9.17) is 0 Å². The smallest absolute Gasteiger partial charge is 0.195 e. The highest BCUT2D eigenvalue weighted by Crippen LogP contribution is 2.17. The second-order valence-corrected chi connectivity index (χ2v) is 4.71. The van der Waals surface area contributed by atoms with Gasteiger partial charge in [-0.05, 0) is 40.2 Å². The first-order valence-electron chi connectivity index (χ1n) is 5.26. The maximum atomic E-state index is 13.4. The Morgan fingerprint density at radius 3 is 2.47 bits per heavy atom. The Balaban J connectivity index is 2.25. The number of Topliss-reactive ketones (excluding diaryl/α,β-unsaturated/α-hetero) is 1. The number of pyridine rings is 1. The Labute approximate surface area is 115 Å². The van der Waals surface area contributed by atoms with Crippen LogP contribution in [0.25, 0.3) is 0 Å². The molecule has 98 valence electrons. The van der Waals surface area contributed by atoms with Crippen LogP contribution in [0.4, 0.5) is 13.2 Å². The summed E-state index contributed by atoms with van der Waals surface area (Å²) < 4.78 is 39.9. The summed E-state index contributed by atoms with van der Waals surface area (Å²) in [4.78, 5) is 15.8. The van der Waals surface area contributed by atoms with Gasteiger partial charge in [0.25, 0.3) is 0 Å². The van der Waals surface area contributed by atoms with Crippen LogP contribution in [0.1, 0.15) is 16.1 Å². The summed E-state index contributed by atoms with van der Waals surface area (Å²) in [5, 5.41) is 0. The number of hydrogen-bond donors (Lipinski definition) is 0. The third-order valence-electron chi connectivity index (χ3n) is 2.47. The van der Waals surface area contributed by atoms with Gasteiger partial charge in [-0.3, -0.25) is 9.78 Å². The molecule has 19 heavy (non-hydrogen) atoms. The van der Waals surface area contributed by atoms with Gasteiger partial charge < -0.3 is 0 Å². The molecule has 1 aromatic carbocycles. The van der Waals surface area contributed by atoms with Crippen LogP contribution in [0.3, 0.4) is 0 Å². The molecule has 0 atom stereocenters. The summed E-state index contributed by atoms with van der Waals surface area (Å²) in [7, 11) is 0. The van der Waals surface area contributed by atoms with Crippen molar-refractivity contribution in [3.8, 4) is 0 Å². The third kappa shape index (κ3) is 3.01. The lowest BCUT2D eigenvalue weighted by atomic mass is 10.1. The number of carbonyl (C=O) groups excluding carboxylic acids is 1. The van der Waals surface area contributed by atoms with Crippen molar-refractivity contribution < 1.29 is 18.0 Å². The minimum atomic E-state index is -1.64. The number of benzene rings is 1. The monoisotopic (exact) mass is 329 g/mol. The molecule has 1 heterocycles. The van der Waals surface area contributed by atoms with E-state index in [9.17, 15) is 18.0 Å². The molecule has 0 bridgehead atoms. The zero-order valence-electron chi connectivity index (χ0n) is 9.46. The van der Waals surface area contributed by atoms with Crippen molar-refractivity contribution in [2.75, 3.05) is 0 Å². The third-order valence-corrected chi connectivity index (χ3v) is 2.93. The van der Waals surface area contributed by atoms with Crippen molar-refractivity contribution in [1.82, 2.24) is 4.98 Å². The van der Waals surface area contributed by atoms with Crippen molar-refractivity contribution in [2.45, 2.75) is 6.42 Å². The van der Waals surface area contributed by atoms with Crippen LogP contribution in [-0.4, -0.2) is 10.8 Å². The highest BCUT2D eigenvalue weighted by Gasteiger charge is 2.19. The van der Waals surface area contributed by atoms with E-state index >= 15 is 0 Å². The summed E-state index contributed by atoms with van der Waals surface area (Å²) >= 11 is 3.19.